The zero-order chi connectivity index (χ0) is 11.5. The summed E-state index contributed by atoms with van der Waals surface area (Å²) in [7, 11) is 0. The molecule has 2 aromatic heterocycles. The number of aromatic amines is 1. The lowest BCUT2D eigenvalue weighted by Crippen LogP contribution is -2.03. The lowest BCUT2D eigenvalue weighted by atomic mass is 10.2. The molecular weight excluding hydrogens is 231 g/mol. The van der Waals surface area contributed by atoms with Crippen LogP contribution in [0.15, 0.2) is 18.5 Å². The predicted octanol–water partition coefficient (Wildman–Crippen LogP) is 2.52. The number of rotatable bonds is 3. The summed E-state index contributed by atoms with van der Waals surface area (Å²) in [6, 6.07) is 1.22. The van der Waals surface area contributed by atoms with Crippen LogP contribution in [0.25, 0.3) is 0 Å². The minimum Gasteiger partial charge on any atom is -0.363 e. The second-order valence-electron chi connectivity index (χ2n) is 3.36. The lowest BCUT2D eigenvalue weighted by Gasteiger charge is -2.05. The summed E-state index contributed by atoms with van der Waals surface area (Å²) in [6.07, 6.45) is 3.09. The molecule has 6 heteroatoms. The summed E-state index contributed by atoms with van der Waals surface area (Å²) in [4.78, 5) is 3.86. The van der Waals surface area contributed by atoms with Gasteiger partial charge in [0.05, 0.1) is 11.2 Å². The van der Waals surface area contributed by atoms with Gasteiger partial charge in [-0.2, -0.15) is 5.10 Å². The third-order valence-corrected chi connectivity index (χ3v) is 2.40. The van der Waals surface area contributed by atoms with Crippen LogP contribution in [-0.4, -0.2) is 15.2 Å². The molecule has 0 saturated heterocycles. The number of pyridine rings is 1. The molecular formula is C10H10ClFN4. The monoisotopic (exact) mass is 240 g/mol. The topological polar surface area (TPSA) is 53.6 Å². The Labute approximate surface area is 96.9 Å². The molecule has 2 N–H and O–H groups in total. The van der Waals surface area contributed by atoms with Crippen LogP contribution in [0.1, 0.15) is 11.3 Å². The van der Waals surface area contributed by atoms with Crippen LogP contribution in [0.2, 0.25) is 5.02 Å². The van der Waals surface area contributed by atoms with Crippen molar-refractivity contribution in [2.75, 3.05) is 5.32 Å². The van der Waals surface area contributed by atoms with Crippen molar-refractivity contribution in [2.45, 2.75) is 13.5 Å². The summed E-state index contributed by atoms with van der Waals surface area (Å²) in [5.74, 6) is -0.279. The van der Waals surface area contributed by atoms with Gasteiger partial charge in [-0.1, -0.05) is 11.6 Å². The molecule has 0 unspecified atom stereocenters. The van der Waals surface area contributed by atoms with E-state index in [1.807, 2.05) is 6.92 Å². The number of aryl methyl sites for hydroxylation is 1. The van der Waals surface area contributed by atoms with Crippen LogP contribution in [-0.2, 0) is 6.54 Å². The van der Waals surface area contributed by atoms with E-state index in [2.05, 4.69) is 20.5 Å². The molecule has 0 radical (unpaired) electrons. The van der Waals surface area contributed by atoms with Crippen LogP contribution in [0.5, 0.6) is 0 Å². The van der Waals surface area contributed by atoms with Gasteiger partial charge in [0.15, 0.2) is 11.6 Å². The second-order valence-corrected chi connectivity index (χ2v) is 3.79. The van der Waals surface area contributed by atoms with E-state index in [-0.39, 0.29) is 10.8 Å². The van der Waals surface area contributed by atoms with Crippen LogP contribution >= 0.6 is 11.6 Å². The Morgan fingerprint density at radius 3 is 2.94 bits per heavy atom. The lowest BCUT2D eigenvalue weighted by molar-refractivity contribution is 0.624. The van der Waals surface area contributed by atoms with Crippen LogP contribution in [0.4, 0.5) is 10.2 Å². The zero-order valence-corrected chi connectivity index (χ0v) is 9.35. The summed E-state index contributed by atoms with van der Waals surface area (Å²) in [5, 5.41) is 9.83. The molecule has 0 fully saturated rings. The fraction of sp³-hybridized carbons (Fsp3) is 0.200. The first kappa shape index (κ1) is 10.9. The average Bonchev–Trinajstić information content (AvgIpc) is 2.63. The first-order chi connectivity index (χ1) is 7.66. The van der Waals surface area contributed by atoms with Crippen LogP contribution in [0, 0.1) is 12.7 Å². The van der Waals surface area contributed by atoms with Crippen molar-refractivity contribution in [3.8, 4) is 0 Å². The molecule has 0 atom stereocenters. The number of nitrogens with zero attached hydrogens (tertiary/aromatic N) is 2. The molecule has 0 amide bonds. The minimum absolute atomic E-state index is 0.185. The maximum atomic E-state index is 13.3. The Balaban J connectivity index is 2.08. The zero-order valence-electron chi connectivity index (χ0n) is 8.59. The summed E-state index contributed by atoms with van der Waals surface area (Å²) in [5.41, 5.74) is 1.91. The molecule has 0 bridgehead atoms. The third-order valence-electron chi connectivity index (χ3n) is 2.19. The van der Waals surface area contributed by atoms with E-state index in [0.29, 0.717) is 6.54 Å². The van der Waals surface area contributed by atoms with E-state index in [1.54, 1.807) is 6.20 Å². The fourth-order valence-corrected chi connectivity index (χ4v) is 1.42. The van der Waals surface area contributed by atoms with Gasteiger partial charge >= 0.3 is 0 Å². The van der Waals surface area contributed by atoms with Gasteiger partial charge in [-0.25, -0.2) is 9.37 Å². The number of anilines is 1. The maximum Gasteiger partial charge on any atom is 0.166 e. The minimum atomic E-state index is -0.464. The maximum absolute atomic E-state index is 13.3. The molecule has 0 saturated carbocycles. The van der Waals surface area contributed by atoms with Crippen molar-refractivity contribution in [1.29, 1.82) is 0 Å². The smallest absolute Gasteiger partial charge is 0.166 e. The fourth-order valence-electron chi connectivity index (χ4n) is 1.28. The van der Waals surface area contributed by atoms with Crippen LogP contribution in [0.3, 0.4) is 0 Å². The van der Waals surface area contributed by atoms with E-state index in [1.165, 1.54) is 12.3 Å². The quantitative estimate of drug-likeness (QED) is 0.867. The molecule has 0 spiro atoms. The van der Waals surface area contributed by atoms with Gasteiger partial charge in [0.2, 0.25) is 0 Å². The molecule has 2 rings (SSSR count). The highest BCUT2D eigenvalue weighted by atomic mass is 35.5. The van der Waals surface area contributed by atoms with E-state index in [9.17, 15) is 4.39 Å². The Morgan fingerprint density at radius 1 is 1.50 bits per heavy atom. The van der Waals surface area contributed by atoms with Gasteiger partial charge in [0.1, 0.15) is 0 Å². The Kier molecular flexibility index (Phi) is 3.05. The van der Waals surface area contributed by atoms with Gasteiger partial charge in [0.25, 0.3) is 0 Å². The van der Waals surface area contributed by atoms with E-state index in [0.717, 1.165) is 11.3 Å². The van der Waals surface area contributed by atoms with E-state index < -0.39 is 5.82 Å². The molecule has 0 aromatic carbocycles. The van der Waals surface area contributed by atoms with E-state index in [4.69, 9.17) is 11.6 Å². The van der Waals surface area contributed by atoms with Crippen molar-refractivity contribution in [2.24, 2.45) is 0 Å². The number of aromatic nitrogens is 3. The van der Waals surface area contributed by atoms with Crippen molar-refractivity contribution >= 4 is 17.4 Å². The van der Waals surface area contributed by atoms with E-state index >= 15 is 0 Å². The molecule has 4 nitrogen and oxygen atoms in total. The highest BCUT2D eigenvalue weighted by molar-refractivity contribution is 6.30. The van der Waals surface area contributed by atoms with Gasteiger partial charge in [-0.3, -0.25) is 5.10 Å². The molecule has 2 heterocycles. The first-order valence-corrected chi connectivity index (χ1v) is 5.08. The van der Waals surface area contributed by atoms with Gasteiger partial charge in [0, 0.05) is 24.0 Å². The number of hydrogen-bond acceptors (Lipinski definition) is 3. The second kappa shape index (κ2) is 4.49. The Hall–Kier alpha value is -1.62. The number of halogens is 2. The third kappa shape index (κ3) is 2.30. The average molecular weight is 241 g/mol. The molecule has 2 aromatic rings. The predicted molar refractivity (Wildman–Crippen MR) is 59.9 cm³/mol. The van der Waals surface area contributed by atoms with Crippen molar-refractivity contribution in [3.05, 3.63) is 40.6 Å². The SMILES string of the molecule is Cc1[nH]ncc1CNc1ncc(Cl)cc1F. The van der Waals surface area contributed by atoms with Crippen molar-refractivity contribution in [3.63, 3.8) is 0 Å². The molecule has 0 aliphatic rings. The first-order valence-electron chi connectivity index (χ1n) is 4.70. The van der Waals surface area contributed by atoms with Gasteiger partial charge < -0.3 is 5.32 Å². The van der Waals surface area contributed by atoms with Crippen LogP contribution < -0.4 is 5.32 Å². The molecule has 16 heavy (non-hydrogen) atoms. The standard InChI is InChI=1S/C10H10ClFN4/c1-6-7(4-15-16-6)3-13-10-9(12)2-8(11)5-14-10/h2,4-5H,3H2,1H3,(H,13,14)(H,15,16). The van der Waals surface area contributed by atoms with Crippen molar-refractivity contribution in [1.82, 2.24) is 15.2 Å². The summed E-state index contributed by atoms with van der Waals surface area (Å²) < 4.78 is 13.3. The number of H-pyrrole nitrogens is 1. The molecule has 84 valence electrons. The normalized spacial score (nSPS) is 10.4. The summed E-state index contributed by atoms with van der Waals surface area (Å²) in [6.45, 7) is 2.36. The van der Waals surface area contributed by atoms with Gasteiger partial charge in [-0.05, 0) is 13.0 Å². The summed E-state index contributed by atoms with van der Waals surface area (Å²) >= 11 is 5.60. The largest absolute Gasteiger partial charge is 0.363 e. The van der Waals surface area contributed by atoms with Crippen molar-refractivity contribution < 1.29 is 4.39 Å². The number of nitrogens with one attached hydrogen (secondary N) is 2. The number of hydrogen-bond donors (Lipinski definition) is 2. The highest BCUT2D eigenvalue weighted by Gasteiger charge is 2.05. The molecule has 0 aliphatic heterocycles. The molecule has 0 aliphatic carbocycles. The Morgan fingerprint density at radius 2 is 2.31 bits per heavy atom. The Bertz CT molecular complexity index is 497. The van der Waals surface area contributed by atoms with Gasteiger partial charge in [-0.15, -0.1) is 0 Å². The highest BCUT2D eigenvalue weighted by Crippen LogP contribution is 2.16.